The second-order valence-electron chi connectivity index (χ2n) is 7.26. The third kappa shape index (κ3) is 3.40. The van der Waals surface area contributed by atoms with Gasteiger partial charge in [0.05, 0.1) is 7.11 Å². The van der Waals surface area contributed by atoms with E-state index in [4.69, 9.17) is 9.47 Å². The molecule has 1 aromatic heterocycles. The van der Waals surface area contributed by atoms with E-state index < -0.39 is 5.97 Å². The molecule has 4 nitrogen and oxygen atoms in total. The lowest BCUT2D eigenvalue weighted by atomic mass is 9.87. The third-order valence-corrected chi connectivity index (χ3v) is 5.40. The van der Waals surface area contributed by atoms with Crippen LogP contribution in [0, 0.1) is 6.92 Å². The summed E-state index contributed by atoms with van der Waals surface area (Å²) in [4.78, 5) is 11.9. The van der Waals surface area contributed by atoms with E-state index in [9.17, 15) is 9.90 Å². The molecular formula is C21H22O4S. The Bertz CT molecular complexity index is 980. The van der Waals surface area contributed by atoms with Crippen LogP contribution in [0.5, 0.6) is 17.2 Å². The predicted octanol–water partition coefficient (Wildman–Crippen LogP) is 6.01. The number of ether oxygens (including phenoxy) is 2. The Labute approximate surface area is 157 Å². The number of hydrogen-bond acceptors (Lipinski definition) is 4. The van der Waals surface area contributed by atoms with Crippen LogP contribution < -0.4 is 9.47 Å². The first-order chi connectivity index (χ1) is 12.2. The van der Waals surface area contributed by atoms with Crippen molar-refractivity contribution in [3.05, 3.63) is 52.4 Å². The molecule has 0 atom stereocenters. The highest BCUT2D eigenvalue weighted by molar-refractivity contribution is 7.21. The lowest BCUT2D eigenvalue weighted by molar-refractivity contribution is 0.0700. The molecule has 5 heteroatoms. The lowest BCUT2D eigenvalue weighted by Crippen LogP contribution is -2.10. The molecular weight excluding hydrogens is 348 g/mol. The number of carbonyl (C=O) groups is 1. The summed E-state index contributed by atoms with van der Waals surface area (Å²) in [5.74, 6) is 0.700. The number of rotatable bonds is 4. The maximum Gasteiger partial charge on any atom is 0.349 e. The smallest absolute Gasteiger partial charge is 0.349 e. The van der Waals surface area contributed by atoms with Crippen LogP contribution in [0.25, 0.3) is 10.1 Å². The number of carboxylic acid groups (broad SMARTS) is 1. The van der Waals surface area contributed by atoms with Gasteiger partial charge >= 0.3 is 5.97 Å². The number of hydrogen-bond donors (Lipinski definition) is 1. The van der Waals surface area contributed by atoms with Crippen LogP contribution in [-0.2, 0) is 5.41 Å². The highest BCUT2D eigenvalue weighted by atomic mass is 32.1. The number of methoxy groups -OCH3 is 1. The summed E-state index contributed by atoms with van der Waals surface area (Å²) in [6.45, 7) is 8.32. The van der Waals surface area contributed by atoms with Crippen LogP contribution in [-0.4, -0.2) is 18.2 Å². The van der Waals surface area contributed by atoms with Crippen LogP contribution in [0.4, 0.5) is 0 Å². The highest BCUT2D eigenvalue weighted by Crippen LogP contribution is 2.43. The Morgan fingerprint density at radius 1 is 1.15 bits per heavy atom. The Hall–Kier alpha value is -2.53. The molecule has 0 fully saturated rings. The summed E-state index contributed by atoms with van der Waals surface area (Å²) in [5, 5.41) is 10.4. The molecule has 1 N–H and O–H groups in total. The molecule has 136 valence electrons. The molecule has 0 spiro atoms. The van der Waals surface area contributed by atoms with Gasteiger partial charge in [-0.25, -0.2) is 4.79 Å². The first-order valence-corrected chi connectivity index (χ1v) is 9.15. The van der Waals surface area contributed by atoms with Gasteiger partial charge < -0.3 is 14.6 Å². The van der Waals surface area contributed by atoms with Crippen LogP contribution in [0.3, 0.4) is 0 Å². The minimum atomic E-state index is -0.996. The van der Waals surface area contributed by atoms with Crippen molar-refractivity contribution in [1.29, 1.82) is 0 Å². The SMILES string of the molecule is COc1cc2c(Oc3cccc(C(C)(C)C)c3)c(C(=O)O)sc2cc1C. The number of carboxylic acids is 1. The molecule has 0 aliphatic rings. The molecule has 0 unspecified atom stereocenters. The zero-order valence-electron chi connectivity index (χ0n) is 15.5. The summed E-state index contributed by atoms with van der Waals surface area (Å²) in [7, 11) is 1.60. The molecule has 3 aromatic rings. The Morgan fingerprint density at radius 3 is 2.50 bits per heavy atom. The highest BCUT2D eigenvalue weighted by Gasteiger charge is 2.22. The molecule has 3 rings (SSSR count). The zero-order chi connectivity index (χ0) is 19.1. The van der Waals surface area contributed by atoms with Crippen molar-refractivity contribution < 1.29 is 19.4 Å². The maximum atomic E-state index is 11.7. The average Bonchev–Trinajstić information content (AvgIpc) is 2.91. The van der Waals surface area contributed by atoms with E-state index in [1.54, 1.807) is 7.11 Å². The number of aromatic carboxylic acids is 1. The van der Waals surface area contributed by atoms with Gasteiger partial charge in [-0.1, -0.05) is 32.9 Å². The van der Waals surface area contributed by atoms with Crippen molar-refractivity contribution in [3.8, 4) is 17.2 Å². The number of aryl methyl sites for hydroxylation is 1. The largest absolute Gasteiger partial charge is 0.496 e. The van der Waals surface area contributed by atoms with E-state index in [-0.39, 0.29) is 10.3 Å². The van der Waals surface area contributed by atoms with E-state index in [0.29, 0.717) is 17.2 Å². The van der Waals surface area contributed by atoms with Crippen LogP contribution in [0.15, 0.2) is 36.4 Å². The fourth-order valence-electron chi connectivity index (χ4n) is 2.81. The van der Waals surface area contributed by atoms with E-state index >= 15 is 0 Å². The maximum absolute atomic E-state index is 11.7. The van der Waals surface area contributed by atoms with E-state index in [1.165, 1.54) is 11.3 Å². The molecule has 0 saturated carbocycles. The van der Waals surface area contributed by atoms with Gasteiger partial charge in [0.2, 0.25) is 0 Å². The van der Waals surface area contributed by atoms with Crippen LogP contribution in [0.2, 0.25) is 0 Å². The minimum Gasteiger partial charge on any atom is -0.496 e. The summed E-state index contributed by atoms with van der Waals surface area (Å²) < 4.78 is 12.3. The number of benzene rings is 2. The summed E-state index contributed by atoms with van der Waals surface area (Å²) in [5.41, 5.74) is 2.06. The second kappa shape index (κ2) is 6.65. The number of thiophene rings is 1. The topological polar surface area (TPSA) is 55.8 Å². The zero-order valence-corrected chi connectivity index (χ0v) is 16.4. The van der Waals surface area contributed by atoms with Crippen molar-refractivity contribution in [1.82, 2.24) is 0 Å². The van der Waals surface area contributed by atoms with Gasteiger partial charge in [-0.05, 0) is 47.7 Å². The van der Waals surface area contributed by atoms with Crippen molar-refractivity contribution >= 4 is 27.4 Å². The lowest BCUT2D eigenvalue weighted by Gasteiger charge is -2.19. The molecule has 0 aliphatic heterocycles. The molecule has 0 radical (unpaired) electrons. The van der Waals surface area contributed by atoms with Gasteiger partial charge in [-0.15, -0.1) is 11.3 Å². The van der Waals surface area contributed by atoms with Gasteiger partial charge in [-0.2, -0.15) is 0 Å². The molecule has 2 aromatic carbocycles. The van der Waals surface area contributed by atoms with Crippen LogP contribution >= 0.6 is 11.3 Å². The molecule has 0 amide bonds. The Morgan fingerprint density at radius 2 is 1.88 bits per heavy atom. The Balaban J connectivity index is 2.14. The monoisotopic (exact) mass is 370 g/mol. The third-order valence-electron chi connectivity index (χ3n) is 4.27. The van der Waals surface area contributed by atoms with E-state index in [1.807, 2.05) is 43.3 Å². The second-order valence-corrected chi connectivity index (χ2v) is 8.32. The van der Waals surface area contributed by atoms with E-state index in [0.717, 1.165) is 21.2 Å². The summed E-state index contributed by atoms with van der Waals surface area (Å²) in [6, 6.07) is 11.6. The normalized spacial score (nSPS) is 11.6. The molecule has 26 heavy (non-hydrogen) atoms. The predicted molar refractivity (Wildman–Crippen MR) is 105 cm³/mol. The molecule has 1 heterocycles. The Kier molecular flexibility index (Phi) is 4.67. The van der Waals surface area contributed by atoms with Crippen molar-refractivity contribution in [2.75, 3.05) is 7.11 Å². The fourth-order valence-corrected chi connectivity index (χ4v) is 3.86. The molecule has 0 aliphatic carbocycles. The first kappa shape index (κ1) is 18.3. The average molecular weight is 370 g/mol. The van der Waals surface area contributed by atoms with Gasteiger partial charge in [0.1, 0.15) is 11.5 Å². The fraction of sp³-hybridized carbons (Fsp3) is 0.286. The van der Waals surface area contributed by atoms with Gasteiger partial charge in [0, 0.05) is 10.1 Å². The quantitative estimate of drug-likeness (QED) is 0.611. The summed E-state index contributed by atoms with van der Waals surface area (Å²) in [6.07, 6.45) is 0. The van der Waals surface area contributed by atoms with Crippen LogP contribution in [0.1, 0.15) is 41.6 Å². The standard InChI is InChI=1S/C21H22O4S/c1-12-9-17-15(11-16(12)24-5)18(19(26-17)20(22)23)25-14-8-6-7-13(10-14)21(2,3)4/h6-11H,1-5H3,(H,22,23). The minimum absolute atomic E-state index is 0.0218. The number of fused-ring (bicyclic) bond motifs is 1. The summed E-state index contributed by atoms with van der Waals surface area (Å²) >= 11 is 1.21. The first-order valence-electron chi connectivity index (χ1n) is 8.33. The van der Waals surface area contributed by atoms with Gasteiger partial charge in [-0.3, -0.25) is 0 Å². The van der Waals surface area contributed by atoms with Gasteiger partial charge in [0.15, 0.2) is 10.6 Å². The molecule has 0 saturated heterocycles. The van der Waals surface area contributed by atoms with Crippen molar-refractivity contribution in [2.24, 2.45) is 0 Å². The van der Waals surface area contributed by atoms with E-state index in [2.05, 4.69) is 20.8 Å². The molecule has 0 bridgehead atoms. The van der Waals surface area contributed by atoms with Crippen molar-refractivity contribution in [2.45, 2.75) is 33.1 Å². The van der Waals surface area contributed by atoms with Crippen molar-refractivity contribution in [3.63, 3.8) is 0 Å². The van der Waals surface area contributed by atoms with Gasteiger partial charge in [0.25, 0.3) is 0 Å².